The number of nitrogens with zero attached hydrogens (tertiary/aromatic N) is 1. The second-order valence-corrected chi connectivity index (χ2v) is 16.7. The molecule has 1 spiro atoms. The summed E-state index contributed by atoms with van der Waals surface area (Å²) in [7, 11) is 0. The second-order valence-electron chi connectivity index (χ2n) is 16.7. The molecule has 0 saturated heterocycles. The smallest absolute Gasteiger partial charge is 0.0757 e. The summed E-state index contributed by atoms with van der Waals surface area (Å²) in [4.78, 5) is 2.49. The summed E-state index contributed by atoms with van der Waals surface area (Å²) in [5.41, 5.74) is 19.0. The van der Waals surface area contributed by atoms with Gasteiger partial charge in [0.05, 0.1) is 16.8 Å². The maximum atomic E-state index is 2.56. The van der Waals surface area contributed by atoms with Crippen molar-refractivity contribution in [1.82, 2.24) is 0 Å². The number of allylic oxidation sites excluding steroid dienone is 6. The van der Waals surface area contributed by atoms with E-state index in [1.54, 1.807) is 0 Å². The molecule has 1 heterocycles. The van der Waals surface area contributed by atoms with E-state index in [2.05, 4.69) is 229 Å². The van der Waals surface area contributed by atoms with Gasteiger partial charge in [0.1, 0.15) is 0 Å². The van der Waals surface area contributed by atoms with Crippen LogP contribution in [0.1, 0.15) is 39.3 Å². The number of rotatable bonds is 3. The van der Waals surface area contributed by atoms with Crippen molar-refractivity contribution < 1.29 is 0 Å². The van der Waals surface area contributed by atoms with Gasteiger partial charge in [-0.05, 0) is 125 Å². The van der Waals surface area contributed by atoms with E-state index in [0.29, 0.717) is 0 Å². The lowest BCUT2D eigenvalue weighted by molar-refractivity contribution is 0.700. The molecule has 280 valence electrons. The van der Waals surface area contributed by atoms with Crippen molar-refractivity contribution in [2.24, 2.45) is 5.92 Å². The van der Waals surface area contributed by atoms with Gasteiger partial charge >= 0.3 is 0 Å². The molecule has 0 radical (unpaired) electrons. The maximum Gasteiger partial charge on any atom is 0.0757 e. The summed E-state index contributed by atoms with van der Waals surface area (Å²) in [6, 6.07) is 75.2. The molecular weight excluding hydrogens is 723 g/mol. The van der Waals surface area contributed by atoms with Gasteiger partial charge in [-0.3, -0.25) is 0 Å². The van der Waals surface area contributed by atoms with E-state index in [1.807, 2.05) is 0 Å². The highest BCUT2D eigenvalue weighted by Gasteiger charge is 2.56. The number of fused-ring (bicyclic) bond motifs is 15. The highest BCUT2D eigenvalue weighted by molar-refractivity contribution is 6.13. The van der Waals surface area contributed by atoms with Crippen LogP contribution in [0.5, 0.6) is 0 Å². The average Bonchev–Trinajstić information content (AvgIpc) is 3.62. The summed E-state index contributed by atoms with van der Waals surface area (Å²) >= 11 is 0. The van der Waals surface area contributed by atoms with Crippen molar-refractivity contribution in [3.8, 4) is 22.3 Å². The molecule has 0 bridgehead atoms. The number of hydrogen-bond acceptors (Lipinski definition) is 1. The van der Waals surface area contributed by atoms with Crippen LogP contribution in [0.2, 0.25) is 0 Å². The zero-order valence-electron chi connectivity index (χ0n) is 33.0. The van der Waals surface area contributed by atoms with E-state index in [0.717, 1.165) is 5.69 Å². The van der Waals surface area contributed by atoms with Crippen LogP contribution in [0.3, 0.4) is 0 Å². The van der Waals surface area contributed by atoms with E-state index in [4.69, 9.17) is 0 Å². The first-order valence-electron chi connectivity index (χ1n) is 21.2. The Labute approximate surface area is 350 Å². The van der Waals surface area contributed by atoms with Crippen molar-refractivity contribution in [3.63, 3.8) is 0 Å². The third-order valence-corrected chi connectivity index (χ3v) is 13.8. The molecule has 9 aromatic carbocycles. The third-order valence-electron chi connectivity index (χ3n) is 13.8. The SMILES string of the molecule is C1=CC2C3=C(c4ccc(-c5cccc6ccccc56)cc4C2C=C1)C1(c2cc(-c4cccc5ccccc45)ccc23)c2ccccc2N(c2ccccc2)c2ccccc21. The van der Waals surface area contributed by atoms with Crippen molar-refractivity contribution in [3.05, 3.63) is 258 Å². The number of benzene rings is 9. The molecule has 1 aliphatic heterocycles. The number of para-hydroxylation sites is 3. The van der Waals surface area contributed by atoms with Gasteiger partial charge in [0, 0.05) is 17.5 Å². The monoisotopic (exact) mass is 761 g/mol. The van der Waals surface area contributed by atoms with Crippen LogP contribution in [-0.4, -0.2) is 0 Å². The minimum Gasteiger partial charge on any atom is -0.310 e. The molecule has 60 heavy (non-hydrogen) atoms. The fourth-order valence-electron chi connectivity index (χ4n) is 11.5. The normalized spacial score (nSPS) is 17.6. The van der Waals surface area contributed by atoms with Gasteiger partial charge in [-0.15, -0.1) is 0 Å². The summed E-state index contributed by atoms with van der Waals surface area (Å²) < 4.78 is 0. The van der Waals surface area contributed by atoms with Gasteiger partial charge in [0.25, 0.3) is 0 Å². The molecule has 13 rings (SSSR count). The fraction of sp³-hybridized carbons (Fsp3) is 0.0508. The van der Waals surface area contributed by atoms with Crippen LogP contribution < -0.4 is 4.90 Å². The summed E-state index contributed by atoms with van der Waals surface area (Å²) in [6.07, 6.45) is 9.47. The standard InChI is InChI=1S/C59H39N/c1-2-20-42(21-3-1)60-55-30-12-10-28-52(55)59(53-29-11-13-31-56(53)60)54-37-41(46-27-15-19-39-17-5-7-23-44(39)46)33-35-50(54)57-48-25-9-8-24-47(48)51-36-40(32-34-49(51)58(57)59)45-26-14-18-38-16-4-6-22-43(38)45/h1-37,47-48H. The Kier molecular flexibility index (Phi) is 7.12. The van der Waals surface area contributed by atoms with Crippen LogP contribution in [0, 0.1) is 5.92 Å². The van der Waals surface area contributed by atoms with Gasteiger partial charge < -0.3 is 4.90 Å². The van der Waals surface area contributed by atoms with Crippen molar-refractivity contribution in [2.75, 3.05) is 4.90 Å². The molecule has 1 nitrogen and oxygen atoms in total. The lowest BCUT2D eigenvalue weighted by Gasteiger charge is -2.47. The van der Waals surface area contributed by atoms with Crippen molar-refractivity contribution in [1.29, 1.82) is 0 Å². The summed E-state index contributed by atoms with van der Waals surface area (Å²) in [6.45, 7) is 0. The first-order valence-corrected chi connectivity index (χ1v) is 21.2. The average molecular weight is 762 g/mol. The van der Waals surface area contributed by atoms with E-state index in [9.17, 15) is 0 Å². The zero-order chi connectivity index (χ0) is 39.4. The van der Waals surface area contributed by atoms with Crippen LogP contribution in [-0.2, 0) is 5.41 Å². The molecule has 0 saturated carbocycles. The highest BCUT2D eigenvalue weighted by Crippen LogP contribution is 2.69. The lowest BCUT2D eigenvalue weighted by atomic mass is 9.59. The van der Waals surface area contributed by atoms with Gasteiger partial charge in [-0.2, -0.15) is 0 Å². The minimum absolute atomic E-state index is 0.174. The topological polar surface area (TPSA) is 3.24 Å². The zero-order valence-corrected chi connectivity index (χ0v) is 33.0. The van der Waals surface area contributed by atoms with Crippen LogP contribution in [0.4, 0.5) is 17.1 Å². The predicted octanol–water partition coefficient (Wildman–Crippen LogP) is 15.2. The van der Waals surface area contributed by atoms with Gasteiger partial charge in [0.2, 0.25) is 0 Å². The van der Waals surface area contributed by atoms with E-state index < -0.39 is 5.41 Å². The maximum absolute atomic E-state index is 2.56. The molecular formula is C59H39N. The second kappa shape index (κ2) is 12.8. The van der Waals surface area contributed by atoms with Gasteiger partial charge in [0.15, 0.2) is 0 Å². The Morgan fingerprint density at radius 3 is 1.58 bits per heavy atom. The fourth-order valence-corrected chi connectivity index (χ4v) is 11.5. The molecule has 1 heteroatoms. The molecule has 9 aromatic rings. The largest absolute Gasteiger partial charge is 0.310 e. The first kappa shape index (κ1) is 33.5. The molecule has 0 aromatic heterocycles. The van der Waals surface area contributed by atoms with Crippen molar-refractivity contribution in [2.45, 2.75) is 11.3 Å². The first-order chi connectivity index (χ1) is 29.8. The highest BCUT2D eigenvalue weighted by atomic mass is 15.2. The Bertz CT molecular complexity index is 3290. The Morgan fingerprint density at radius 1 is 0.383 bits per heavy atom. The van der Waals surface area contributed by atoms with E-state index >= 15 is 0 Å². The molecule has 2 unspecified atom stereocenters. The molecule has 3 aliphatic carbocycles. The van der Waals surface area contributed by atoms with Gasteiger partial charge in [-0.1, -0.05) is 188 Å². The third kappa shape index (κ3) is 4.52. The molecule has 2 atom stereocenters. The minimum atomic E-state index is -0.598. The Balaban J connectivity index is 1.15. The summed E-state index contributed by atoms with van der Waals surface area (Å²) in [5.74, 6) is 0.377. The van der Waals surface area contributed by atoms with Crippen LogP contribution in [0.25, 0.3) is 54.9 Å². The summed E-state index contributed by atoms with van der Waals surface area (Å²) in [5, 5.41) is 5.08. The van der Waals surface area contributed by atoms with E-state index in [1.165, 1.54) is 99.7 Å². The van der Waals surface area contributed by atoms with Gasteiger partial charge in [-0.25, -0.2) is 0 Å². The molecule has 4 aliphatic rings. The van der Waals surface area contributed by atoms with E-state index in [-0.39, 0.29) is 11.8 Å². The molecule has 0 amide bonds. The lowest BCUT2D eigenvalue weighted by Crippen LogP contribution is -2.37. The molecule has 0 N–H and O–H groups in total. The quantitative estimate of drug-likeness (QED) is 0.173. The van der Waals surface area contributed by atoms with Crippen LogP contribution in [0.15, 0.2) is 224 Å². The van der Waals surface area contributed by atoms with Crippen molar-refractivity contribution >= 4 is 49.8 Å². The number of anilines is 3. The van der Waals surface area contributed by atoms with Crippen LogP contribution >= 0.6 is 0 Å². The predicted molar refractivity (Wildman–Crippen MR) is 251 cm³/mol. The Hall–Kier alpha value is -7.48. The molecule has 0 fully saturated rings. The Morgan fingerprint density at radius 2 is 0.917 bits per heavy atom. The number of hydrogen-bond donors (Lipinski definition) is 0.